The van der Waals surface area contributed by atoms with Crippen molar-refractivity contribution in [1.29, 1.82) is 5.26 Å². The quantitative estimate of drug-likeness (QED) is 0.226. The van der Waals surface area contributed by atoms with Crippen LogP contribution in [0.1, 0.15) is 11.1 Å². The molecule has 2 N–H and O–H groups in total. The zero-order chi connectivity index (χ0) is 26.3. The highest BCUT2D eigenvalue weighted by molar-refractivity contribution is 6.30. The minimum atomic E-state index is -4.61. The van der Waals surface area contributed by atoms with Crippen molar-refractivity contribution in [3.8, 4) is 11.8 Å². The minimum absolute atomic E-state index is 0.105. The summed E-state index contributed by atoms with van der Waals surface area (Å²) < 4.78 is 57.3. The second-order valence-electron chi connectivity index (χ2n) is 7.23. The molecule has 0 heterocycles. The summed E-state index contributed by atoms with van der Waals surface area (Å²) in [6.45, 7) is -0.460. The Labute approximate surface area is 207 Å². The van der Waals surface area contributed by atoms with Crippen LogP contribution in [0.4, 0.5) is 28.9 Å². The van der Waals surface area contributed by atoms with E-state index in [1.54, 1.807) is 6.07 Å². The van der Waals surface area contributed by atoms with Crippen LogP contribution in [-0.4, -0.2) is 18.4 Å². The van der Waals surface area contributed by atoms with Gasteiger partial charge in [-0.1, -0.05) is 17.7 Å². The lowest BCUT2D eigenvalue weighted by Gasteiger charge is -2.11. The van der Waals surface area contributed by atoms with Crippen molar-refractivity contribution in [3.63, 3.8) is 0 Å². The van der Waals surface area contributed by atoms with Gasteiger partial charge in [0.1, 0.15) is 23.2 Å². The first-order valence-corrected chi connectivity index (χ1v) is 10.5. The second kappa shape index (κ2) is 11.4. The average molecular weight is 518 g/mol. The van der Waals surface area contributed by atoms with E-state index in [0.29, 0.717) is 5.69 Å². The van der Waals surface area contributed by atoms with Gasteiger partial charge in [-0.3, -0.25) is 9.59 Å². The normalized spacial score (nSPS) is 11.4. The van der Waals surface area contributed by atoms with E-state index in [1.807, 2.05) is 0 Å². The van der Waals surface area contributed by atoms with E-state index >= 15 is 0 Å². The monoisotopic (exact) mass is 517 g/mol. The highest BCUT2D eigenvalue weighted by Crippen LogP contribution is 2.31. The molecule has 0 saturated carbocycles. The molecule has 36 heavy (non-hydrogen) atoms. The first-order valence-electron chi connectivity index (χ1n) is 10.1. The first kappa shape index (κ1) is 26.2. The lowest BCUT2D eigenvalue weighted by molar-refractivity contribution is -0.137. The summed E-state index contributed by atoms with van der Waals surface area (Å²) in [7, 11) is 0. The third kappa shape index (κ3) is 7.32. The molecular formula is C25H16ClF4N3O3. The van der Waals surface area contributed by atoms with E-state index in [1.165, 1.54) is 48.5 Å². The van der Waals surface area contributed by atoms with Gasteiger partial charge in [-0.15, -0.1) is 0 Å². The molecule has 0 bridgehead atoms. The van der Waals surface area contributed by atoms with E-state index in [-0.39, 0.29) is 22.0 Å². The summed E-state index contributed by atoms with van der Waals surface area (Å²) >= 11 is 6.01. The fourth-order valence-electron chi connectivity index (χ4n) is 2.91. The van der Waals surface area contributed by atoms with Crippen LogP contribution >= 0.6 is 11.6 Å². The lowest BCUT2D eigenvalue weighted by atomic mass is 10.1. The Morgan fingerprint density at radius 3 is 2.39 bits per heavy atom. The Hall–Kier alpha value is -4.36. The number of benzene rings is 3. The largest absolute Gasteiger partial charge is 0.483 e. The van der Waals surface area contributed by atoms with E-state index in [2.05, 4.69) is 10.6 Å². The number of hydrogen-bond acceptors (Lipinski definition) is 4. The summed E-state index contributed by atoms with van der Waals surface area (Å²) in [5.41, 5.74) is -1.05. The maximum absolute atomic E-state index is 13.0. The van der Waals surface area contributed by atoms with Crippen LogP contribution in [0, 0.1) is 17.1 Å². The fourth-order valence-corrected chi connectivity index (χ4v) is 3.09. The van der Waals surface area contributed by atoms with Crippen LogP contribution in [-0.2, 0) is 15.8 Å². The van der Waals surface area contributed by atoms with Gasteiger partial charge in [-0.05, 0) is 66.7 Å². The number of alkyl halides is 3. The molecule has 0 saturated heterocycles. The van der Waals surface area contributed by atoms with Crippen molar-refractivity contribution < 1.29 is 31.9 Å². The van der Waals surface area contributed by atoms with Crippen molar-refractivity contribution in [2.45, 2.75) is 6.18 Å². The summed E-state index contributed by atoms with van der Waals surface area (Å²) in [6, 6.07) is 15.0. The molecule has 0 radical (unpaired) electrons. The fraction of sp³-hybridized carbons (Fsp3) is 0.0800. The molecule has 3 rings (SSSR count). The predicted octanol–water partition coefficient (Wildman–Crippen LogP) is 6.06. The van der Waals surface area contributed by atoms with Gasteiger partial charge >= 0.3 is 6.18 Å². The summed E-state index contributed by atoms with van der Waals surface area (Å²) in [5, 5.41) is 14.5. The lowest BCUT2D eigenvalue weighted by Crippen LogP contribution is -2.20. The number of amides is 2. The number of nitrogens with zero attached hydrogens (tertiary/aromatic N) is 1. The summed E-state index contributed by atoms with van der Waals surface area (Å²) in [6.07, 6.45) is -3.48. The molecule has 0 unspecified atom stereocenters. The number of rotatable bonds is 7. The van der Waals surface area contributed by atoms with Crippen molar-refractivity contribution >= 4 is 40.9 Å². The molecule has 0 fully saturated rings. The number of anilines is 2. The maximum atomic E-state index is 13.0. The third-order valence-electron chi connectivity index (χ3n) is 4.57. The van der Waals surface area contributed by atoms with E-state index < -0.39 is 41.6 Å². The molecule has 0 aliphatic rings. The highest BCUT2D eigenvalue weighted by Gasteiger charge is 2.30. The standard InChI is InChI=1S/C25H16ClF4N3O3/c26-18-4-9-22(36-14-23(34)32-20-7-5-19(27)6-8-20)15(11-18)10-16(13-31)24(35)33-21-3-1-2-17(12-21)25(28,29)30/h1-12H,14H2,(H,32,34)(H,33,35)/b16-10+. The second-order valence-corrected chi connectivity index (χ2v) is 7.66. The van der Waals surface area contributed by atoms with E-state index in [0.717, 1.165) is 24.3 Å². The summed E-state index contributed by atoms with van der Waals surface area (Å²) in [5.74, 6) is -1.88. The topological polar surface area (TPSA) is 91.2 Å². The molecule has 0 aromatic heterocycles. The van der Waals surface area contributed by atoms with Crippen LogP contribution in [0.2, 0.25) is 5.02 Å². The van der Waals surface area contributed by atoms with Crippen molar-refractivity contribution in [2.24, 2.45) is 0 Å². The zero-order valence-corrected chi connectivity index (χ0v) is 19.0. The van der Waals surface area contributed by atoms with Gasteiger partial charge in [0.2, 0.25) is 0 Å². The number of carbonyl (C=O) groups excluding carboxylic acids is 2. The molecule has 11 heteroatoms. The Kier molecular flexibility index (Phi) is 8.30. The van der Waals surface area contributed by atoms with Gasteiger partial charge in [-0.2, -0.15) is 18.4 Å². The van der Waals surface area contributed by atoms with Gasteiger partial charge in [0, 0.05) is 22.0 Å². The number of nitriles is 1. The third-order valence-corrected chi connectivity index (χ3v) is 4.81. The zero-order valence-electron chi connectivity index (χ0n) is 18.2. The number of hydrogen-bond donors (Lipinski definition) is 2. The number of ether oxygens (including phenoxy) is 1. The highest BCUT2D eigenvalue weighted by atomic mass is 35.5. The minimum Gasteiger partial charge on any atom is -0.483 e. The smallest absolute Gasteiger partial charge is 0.416 e. The Morgan fingerprint density at radius 1 is 1.00 bits per heavy atom. The predicted molar refractivity (Wildman–Crippen MR) is 126 cm³/mol. The molecule has 6 nitrogen and oxygen atoms in total. The van der Waals surface area contributed by atoms with Gasteiger partial charge in [-0.25, -0.2) is 4.39 Å². The Balaban J connectivity index is 1.75. The van der Waals surface area contributed by atoms with Crippen molar-refractivity contribution in [2.75, 3.05) is 17.2 Å². The molecule has 3 aromatic rings. The van der Waals surface area contributed by atoms with Gasteiger partial charge in [0.25, 0.3) is 11.8 Å². The number of carbonyl (C=O) groups is 2. The summed E-state index contributed by atoms with van der Waals surface area (Å²) in [4.78, 5) is 24.7. The number of nitrogens with one attached hydrogen (secondary N) is 2. The first-order chi connectivity index (χ1) is 17.0. The molecule has 0 spiro atoms. The van der Waals surface area contributed by atoms with Gasteiger partial charge in [0.15, 0.2) is 6.61 Å². The average Bonchev–Trinajstić information content (AvgIpc) is 2.83. The van der Waals surface area contributed by atoms with Gasteiger partial charge < -0.3 is 15.4 Å². The maximum Gasteiger partial charge on any atom is 0.416 e. The molecule has 0 aliphatic carbocycles. The molecule has 3 aromatic carbocycles. The Morgan fingerprint density at radius 2 is 1.72 bits per heavy atom. The molecule has 184 valence electrons. The molecule has 0 atom stereocenters. The van der Waals surface area contributed by atoms with Crippen LogP contribution in [0.15, 0.2) is 72.3 Å². The number of halogens is 5. The van der Waals surface area contributed by atoms with E-state index in [4.69, 9.17) is 16.3 Å². The van der Waals surface area contributed by atoms with Gasteiger partial charge in [0.05, 0.1) is 5.56 Å². The molecule has 2 amide bonds. The van der Waals surface area contributed by atoms with Crippen molar-refractivity contribution in [1.82, 2.24) is 0 Å². The molecular weight excluding hydrogens is 502 g/mol. The Bertz CT molecular complexity index is 1350. The van der Waals surface area contributed by atoms with Crippen LogP contribution in [0.5, 0.6) is 5.75 Å². The van der Waals surface area contributed by atoms with Crippen LogP contribution in [0.25, 0.3) is 6.08 Å². The van der Waals surface area contributed by atoms with Crippen molar-refractivity contribution in [3.05, 3.63) is 94.3 Å². The van der Waals surface area contributed by atoms with E-state index in [9.17, 15) is 32.4 Å². The van der Waals surface area contributed by atoms with Crippen LogP contribution < -0.4 is 15.4 Å². The SMILES string of the molecule is N#C/C(=C\c1cc(Cl)ccc1OCC(=O)Nc1ccc(F)cc1)C(=O)Nc1cccc(C(F)(F)F)c1. The van der Waals surface area contributed by atoms with Crippen LogP contribution in [0.3, 0.4) is 0 Å². The molecule has 0 aliphatic heterocycles.